The van der Waals surface area contributed by atoms with Crippen molar-refractivity contribution in [2.75, 3.05) is 0 Å². The monoisotopic (exact) mass is 301 g/mol. The minimum absolute atomic E-state index is 1.04. The van der Waals surface area contributed by atoms with Crippen LogP contribution in [0.3, 0.4) is 0 Å². The normalized spacial score (nSPS) is 14.0. The minimum atomic E-state index is 1.04. The van der Waals surface area contributed by atoms with Gasteiger partial charge >= 0.3 is 0 Å². The lowest BCUT2D eigenvalue weighted by atomic mass is 9.79. The second kappa shape index (κ2) is 3.57. The zero-order valence-corrected chi connectivity index (χ0v) is 13.1. The van der Waals surface area contributed by atoms with Crippen LogP contribution in [0.1, 0.15) is 11.1 Å². The lowest BCUT2D eigenvalue weighted by Crippen LogP contribution is -2.01. The molecule has 0 heterocycles. The standard InChI is InChI=1S/C24H13/c1-2-14-5-6-16-9-11-18-12-10-17-8-7-15-4-3-13(1)19-20(14)22(16)24(18)23(17)21(15)19/h1-11H,12H2/q+1. The van der Waals surface area contributed by atoms with Gasteiger partial charge in [0.2, 0.25) is 0 Å². The number of rotatable bonds is 0. The van der Waals surface area contributed by atoms with E-state index in [2.05, 4.69) is 67.1 Å². The fraction of sp³-hybridized carbons (Fsp3) is 0.0417. The SMILES string of the molecule is c1cc2ccc3ccc4ccc5ccc6c7c(c1[CH+]C6)c2c3c4c57. The third-order valence-electron chi connectivity index (χ3n) is 6.04. The summed E-state index contributed by atoms with van der Waals surface area (Å²) in [5, 5.41) is 14.2. The molecule has 0 unspecified atom stereocenters. The van der Waals surface area contributed by atoms with E-state index in [1.807, 2.05) is 0 Å². The Morgan fingerprint density at radius 2 is 0.917 bits per heavy atom. The van der Waals surface area contributed by atoms with Crippen molar-refractivity contribution in [2.24, 2.45) is 0 Å². The molecule has 0 amide bonds. The van der Waals surface area contributed by atoms with Crippen LogP contribution in [-0.2, 0) is 6.42 Å². The maximum atomic E-state index is 2.40. The number of hydrogen-bond donors (Lipinski definition) is 0. The highest BCUT2D eigenvalue weighted by Gasteiger charge is 2.27. The van der Waals surface area contributed by atoms with Crippen molar-refractivity contribution in [1.29, 1.82) is 0 Å². The zero-order chi connectivity index (χ0) is 15.4. The Morgan fingerprint density at radius 3 is 1.54 bits per heavy atom. The van der Waals surface area contributed by atoms with Gasteiger partial charge in [-0.15, -0.1) is 0 Å². The van der Waals surface area contributed by atoms with Crippen molar-refractivity contribution in [2.45, 2.75) is 6.42 Å². The van der Waals surface area contributed by atoms with Crippen molar-refractivity contribution in [3.05, 3.63) is 78.2 Å². The molecule has 0 atom stereocenters. The van der Waals surface area contributed by atoms with Gasteiger partial charge in [0, 0.05) is 46.5 Å². The molecule has 1 aliphatic carbocycles. The maximum absolute atomic E-state index is 2.40. The molecule has 0 bridgehead atoms. The van der Waals surface area contributed by atoms with Crippen LogP contribution in [-0.4, -0.2) is 0 Å². The van der Waals surface area contributed by atoms with Gasteiger partial charge in [0.1, 0.15) is 10.9 Å². The molecule has 6 aromatic rings. The van der Waals surface area contributed by atoms with Gasteiger partial charge in [-0.25, -0.2) is 0 Å². The van der Waals surface area contributed by atoms with Crippen molar-refractivity contribution >= 4 is 53.9 Å². The predicted octanol–water partition coefficient (Wildman–Crippen LogP) is 6.44. The Morgan fingerprint density at radius 1 is 0.458 bits per heavy atom. The van der Waals surface area contributed by atoms with Gasteiger partial charge in [-0.05, 0) is 21.7 Å². The summed E-state index contributed by atoms with van der Waals surface area (Å²) in [4.78, 5) is 0. The van der Waals surface area contributed by atoms with Gasteiger partial charge in [0.05, 0.1) is 10.8 Å². The van der Waals surface area contributed by atoms with E-state index in [-0.39, 0.29) is 0 Å². The molecule has 0 saturated heterocycles. The molecule has 0 nitrogen and oxygen atoms in total. The highest BCUT2D eigenvalue weighted by molar-refractivity contribution is 6.40. The molecular formula is C24H13+. The first-order valence-corrected chi connectivity index (χ1v) is 8.60. The van der Waals surface area contributed by atoms with Crippen molar-refractivity contribution < 1.29 is 0 Å². The van der Waals surface area contributed by atoms with E-state index >= 15 is 0 Å². The molecular weight excluding hydrogens is 288 g/mol. The third-order valence-corrected chi connectivity index (χ3v) is 6.04. The van der Waals surface area contributed by atoms with E-state index in [4.69, 9.17) is 0 Å². The largest absolute Gasteiger partial charge is 0.138 e. The van der Waals surface area contributed by atoms with Gasteiger partial charge in [-0.3, -0.25) is 0 Å². The van der Waals surface area contributed by atoms with E-state index < -0.39 is 0 Å². The smallest absolute Gasteiger partial charge is 0.0551 e. The summed E-state index contributed by atoms with van der Waals surface area (Å²) in [5.74, 6) is 0. The summed E-state index contributed by atoms with van der Waals surface area (Å²) >= 11 is 0. The van der Waals surface area contributed by atoms with Gasteiger partial charge in [-0.2, -0.15) is 0 Å². The van der Waals surface area contributed by atoms with Gasteiger partial charge in [0.25, 0.3) is 0 Å². The van der Waals surface area contributed by atoms with Gasteiger partial charge < -0.3 is 0 Å². The van der Waals surface area contributed by atoms with Crippen molar-refractivity contribution in [1.82, 2.24) is 0 Å². The van der Waals surface area contributed by atoms with E-state index in [1.54, 1.807) is 0 Å². The fourth-order valence-corrected chi connectivity index (χ4v) is 5.04. The molecule has 0 spiro atoms. The average Bonchev–Trinajstić information content (AvgIpc) is 2.65. The van der Waals surface area contributed by atoms with E-state index in [9.17, 15) is 0 Å². The Kier molecular flexibility index (Phi) is 1.71. The average molecular weight is 301 g/mol. The van der Waals surface area contributed by atoms with E-state index in [0.717, 1.165) is 6.42 Å². The molecule has 0 N–H and O–H groups in total. The molecule has 108 valence electrons. The van der Waals surface area contributed by atoms with E-state index in [0.29, 0.717) is 0 Å². The van der Waals surface area contributed by atoms with Crippen molar-refractivity contribution in [3.8, 4) is 0 Å². The summed E-state index contributed by atoms with van der Waals surface area (Å²) < 4.78 is 0. The van der Waals surface area contributed by atoms with Crippen LogP contribution in [0.2, 0.25) is 0 Å². The highest BCUT2D eigenvalue weighted by atomic mass is 14.3. The molecule has 0 fully saturated rings. The number of benzene rings is 6. The van der Waals surface area contributed by atoms with Crippen LogP contribution in [0, 0.1) is 6.42 Å². The second-order valence-corrected chi connectivity index (χ2v) is 7.13. The lowest BCUT2D eigenvalue weighted by Gasteiger charge is -2.20. The molecule has 6 aromatic carbocycles. The lowest BCUT2D eigenvalue weighted by molar-refractivity contribution is 1.18. The zero-order valence-electron chi connectivity index (χ0n) is 13.1. The molecule has 0 heteroatoms. The molecule has 7 rings (SSSR count). The van der Waals surface area contributed by atoms with Gasteiger partial charge in [0.15, 0.2) is 0 Å². The molecule has 24 heavy (non-hydrogen) atoms. The first-order chi connectivity index (χ1) is 11.9. The molecule has 0 aromatic heterocycles. The molecule has 1 aliphatic rings. The van der Waals surface area contributed by atoms with Crippen LogP contribution >= 0.6 is 0 Å². The van der Waals surface area contributed by atoms with E-state index in [1.165, 1.54) is 65.0 Å². The Hall–Kier alpha value is -2.99. The molecule has 0 aliphatic heterocycles. The summed E-state index contributed by atoms with van der Waals surface area (Å²) in [6.45, 7) is 0. The number of hydrogen-bond acceptors (Lipinski definition) is 0. The Balaban J connectivity index is 2.07. The Labute approximate surface area is 139 Å². The second-order valence-electron chi connectivity index (χ2n) is 7.13. The predicted molar refractivity (Wildman–Crippen MR) is 103 cm³/mol. The third kappa shape index (κ3) is 1.10. The maximum Gasteiger partial charge on any atom is 0.138 e. The van der Waals surface area contributed by atoms with Crippen molar-refractivity contribution in [3.63, 3.8) is 0 Å². The molecule has 0 radical (unpaired) electrons. The van der Waals surface area contributed by atoms with Crippen LogP contribution in [0.15, 0.2) is 60.7 Å². The van der Waals surface area contributed by atoms with Crippen LogP contribution in [0.5, 0.6) is 0 Å². The summed E-state index contributed by atoms with van der Waals surface area (Å²) in [5.41, 5.74) is 2.88. The quantitative estimate of drug-likeness (QED) is 0.172. The Bertz CT molecular complexity index is 1310. The first-order valence-electron chi connectivity index (χ1n) is 8.60. The van der Waals surface area contributed by atoms with Crippen LogP contribution in [0.4, 0.5) is 0 Å². The topological polar surface area (TPSA) is 0 Å². The fourth-order valence-electron chi connectivity index (χ4n) is 5.04. The highest BCUT2D eigenvalue weighted by Crippen LogP contribution is 2.48. The minimum Gasteiger partial charge on any atom is -0.0551 e. The van der Waals surface area contributed by atoms with Gasteiger partial charge in [-0.1, -0.05) is 48.5 Å². The molecule has 0 saturated carbocycles. The summed E-state index contributed by atoms with van der Waals surface area (Å²) in [6, 6.07) is 22.9. The summed E-state index contributed by atoms with van der Waals surface area (Å²) in [7, 11) is 0. The van der Waals surface area contributed by atoms with Crippen LogP contribution in [0.25, 0.3) is 53.9 Å². The summed E-state index contributed by atoms with van der Waals surface area (Å²) in [6.07, 6.45) is 3.44. The first kappa shape index (κ1) is 11.5. The van der Waals surface area contributed by atoms with Crippen LogP contribution < -0.4 is 0 Å².